The van der Waals surface area contributed by atoms with Gasteiger partial charge >= 0.3 is 5.97 Å². The molecule has 0 fully saturated rings. The van der Waals surface area contributed by atoms with Gasteiger partial charge in [-0.3, -0.25) is 9.00 Å². The van der Waals surface area contributed by atoms with Crippen LogP contribution in [0, 0.1) is 5.41 Å². The smallest absolute Gasteiger partial charge is 0.307 e. The molecule has 1 atom stereocenters. The van der Waals surface area contributed by atoms with Gasteiger partial charge in [0, 0.05) is 10.6 Å². The molecule has 0 heterocycles. The molecular weight excluding hydrogens is 248 g/mol. The molecule has 1 unspecified atom stereocenters. The van der Waals surface area contributed by atoms with Crippen molar-refractivity contribution in [2.45, 2.75) is 38.5 Å². The van der Waals surface area contributed by atoms with Gasteiger partial charge in [-0.15, -0.1) is 0 Å². The van der Waals surface area contributed by atoms with Gasteiger partial charge in [0.1, 0.15) is 0 Å². The highest BCUT2D eigenvalue weighted by atomic mass is 32.2. The monoisotopic (exact) mass is 268 g/mol. The van der Waals surface area contributed by atoms with E-state index in [2.05, 4.69) is 20.8 Å². The molecule has 100 valence electrons. The third-order valence-corrected chi connectivity index (χ3v) is 3.95. The molecule has 0 aromatic heterocycles. The highest BCUT2D eigenvalue weighted by Crippen LogP contribution is 2.20. The summed E-state index contributed by atoms with van der Waals surface area (Å²) in [4.78, 5) is 11.3. The zero-order valence-corrected chi connectivity index (χ0v) is 11.9. The highest BCUT2D eigenvalue weighted by molar-refractivity contribution is 7.85. The molecule has 18 heavy (non-hydrogen) atoms. The zero-order valence-electron chi connectivity index (χ0n) is 11.1. The summed E-state index contributed by atoms with van der Waals surface area (Å²) in [5, 5.41) is 8.66. The van der Waals surface area contributed by atoms with Crippen molar-refractivity contribution in [2.75, 3.05) is 5.75 Å². The molecule has 1 aromatic rings. The van der Waals surface area contributed by atoms with Crippen molar-refractivity contribution in [1.29, 1.82) is 0 Å². The summed E-state index contributed by atoms with van der Waals surface area (Å²) in [7, 11) is -0.998. The van der Waals surface area contributed by atoms with E-state index in [-0.39, 0.29) is 11.8 Å². The van der Waals surface area contributed by atoms with Gasteiger partial charge in [-0.05, 0) is 29.5 Å². The number of hydrogen-bond acceptors (Lipinski definition) is 2. The lowest BCUT2D eigenvalue weighted by Gasteiger charge is -2.17. The minimum atomic E-state index is -0.998. The topological polar surface area (TPSA) is 54.4 Å². The van der Waals surface area contributed by atoms with Gasteiger partial charge < -0.3 is 5.11 Å². The van der Waals surface area contributed by atoms with E-state index in [0.717, 1.165) is 16.9 Å². The largest absolute Gasteiger partial charge is 0.481 e. The lowest BCUT2D eigenvalue weighted by Crippen LogP contribution is -2.10. The molecule has 0 saturated heterocycles. The van der Waals surface area contributed by atoms with E-state index in [1.807, 2.05) is 0 Å². The molecule has 4 heteroatoms. The molecule has 1 aromatic carbocycles. The van der Waals surface area contributed by atoms with E-state index in [1.54, 1.807) is 24.3 Å². The van der Waals surface area contributed by atoms with Gasteiger partial charge in [0.05, 0.1) is 17.2 Å². The van der Waals surface area contributed by atoms with Gasteiger partial charge in [0.25, 0.3) is 0 Å². The summed E-state index contributed by atoms with van der Waals surface area (Å²) in [5.41, 5.74) is 0.915. The maximum absolute atomic E-state index is 12.0. The Morgan fingerprint density at radius 3 is 2.22 bits per heavy atom. The predicted octanol–water partition coefficient (Wildman–Crippen LogP) is 2.86. The molecule has 1 rings (SSSR count). The Labute approximate surface area is 111 Å². The molecule has 0 aliphatic rings. The predicted molar refractivity (Wildman–Crippen MR) is 73.1 cm³/mol. The highest BCUT2D eigenvalue weighted by Gasteiger charge is 2.13. The van der Waals surface area contributed by atoms with E-state index < -0.39 is 16.8 Å². The molecule has 0 aliphatic carbocycles. The number of carbonyl (C=O) groups is 1. The maximum atomic E-state index is 12.0. The zero-order chi connectivity index (χ0) is 13.8. The van der Waals surface area contributed by atoms with E-state index in [9.17, 15) is 9.00 Å². The van der Waals surface area contributed by atoms with Crippen molar-refractivity contribution >= 4 is 16.8 Å². The number of hydrogen-bond donors (Lipinski definition) is 1. The standard InChI is InChI=1S/C14H20O3S/c1-14(2,3)8-9-18(17)12-6-4-11(5-7-12)10-13(15)16/h4-7H,8-10H2,1-3H3,(H,15,16). The van der Waals surface area contributed by atoms with Crippen LogP contribution in [-0.4, -0.2) is 21.0 Å². The van der Waals surface area contributed by atoms with Gasteiger partial charge in [-0.1, -0.05) is 32.9 Å². The normalized spacial score (nSPS) is 13.3. The van der Waals surface area contributed by atoms with Crippen LogP contribution in [0.1, 0.15) is 32.8 Å². The van der Waals surface area contributed by atoms with Crippen LogP contribution >= 0.6 is 0 Å². The maximum Gasteiger partial charge on any atom is 0.307 e. The van der Waals surface area contributed by atoms with Gasteiger partial charge in [0.2, 0.25) is 0 Å². The van der Waals surface area contributed by atoms with Crippen LogP contribution in [0.3, 0.4) is 0 Å². The first-order valence-corrected chi connectivity index (χ1v) is 7.29. The molecular formula is C14H20O3S. The summed E-state index contributed by atoms with van der Waals surface area (Å²) < 4.78 is 12.0. The van der Waals surface area contributed by atoms with Crippen LogP contribution < -0.4 is 0 Å². The SMILES string of the molecule is CC(C)(C)CCS(=O)c1ccc(CC(=O)O)cc1. The fourth-order valence-corrected chi connectivity index (χ4v) is 2.92. The van der Waals surface area contributed by atoms with Gasteiger partial charge in [-0.2, -0.15) is 0 Å². The van der Waals surface area contributed by atoms with E-state index in [4.69, 9.17) is 5.11 Å². The molecule has 0 saturated carbocycles. The van der Waals surface area contributed by atoms with Crippen molar-refractivity contribution in [3.63, 3.8) is 0 Å². The Kier molecular flexibility index (Phi) is 5.08. The molecule has 0 aliphatic heterocycles. The van der Waals surface area contributed by atoms with Gasteiger partial charge in [0.15, 0.2) is 0 Å². The second kappa shape index (κ2) is 6.14. The lowest BCUT2D eigenvalue weighted by atomic mass is 9.94. The summed E-state index contributed by atoms with van der Waals surface area (Å²) >= 11 is 0. The number of rotatable bonds is 5. The average molecular weight is 268 g/mol. The molecule has 0 spiro atoms. The molecule has 1 N–H and O–H groups in total. The Morgan fingerprint density at radius 2 is 1.78 bits per heavy atom. The van der Waals surface area contributed by atoms with Crippen LogP contribution in [0.25, 0.3) is 0 Å². The molecule has 0 bridgehead atoms. The molecule has 3 nitrogen and oxygen atoms in total. The Hall–Kier alpha value is -1.16. The number of carboxylic acids is 1. The van der Waals surface area contributed by atoms with Crippen LogP contribution in [0.5, 0.6) is 0 Å². The van der Waals surface area contributed by atoms with E-state index in [1.165, 1.54) is 0 Å². The summed E-state index contributed by atoms with van der Waals surface area (Å²) in [5.74, 6) is -0.210. The number of carboxylic acid groups (broad SMARTS) is 1. The van der Waals surface area contributed by atoms with E-state index >= 15 is 0 Å². The quantitative estimate of drug-likeness (QED) is 0.893. The average Bonchev–Trinajstić information content (AvgIpc) is 2.25. The van der Waals surface area contributed by atoms with Crippen molar-refractivity contribution in [3.05, 3.63) is 29.8 Å². The lowest BCUT2D eigenvalue weighted by molar-refractivity contribution is -0.136. The Bertz CT molecular complexity index is 429. The summed E-state index contributed by atoms with van der Waals surface area (Å²) in [6.07, 6.45) is 0.908. The fourth-order valence-electron chi connectivity index (χ4n) is 1.45. The van der Waals surface area contributed by atoms with Crippen LogP contribution in [-0.2, 0) is 22.0 Å². The Balaban J connectivity index is 2.62. The Morgan fingerprint density at radius 1 is 1.22 bits per heavy atom. The molecule has 0 amide bonds. The van der Waals surface area contributed by atoms with Crippen LogP contribution in [0.15, 0.2) is 29.2 Å². The number of aliphatic carboxylic acids is 1. The van der Waals surface area contributed by atoms with Crippen LogP contribution in [0.2, 0.25) is 0 Å². The van der Waals surface area contributed by atoms with E-state index in [0.29, 0.717) is 5.75 Å². The first-order chi connectivity index (χ1) is 8.28. The summed E-state index contributed by atoms with van der Waals surface area (Å²) in [6.45, 7) is 6.38. The number of benzene rings is 1. The first-order valence-electron chi connectivity index (χ1n) is 5.97. The second-order valence-corrected chi connectivity index (χ2v) is 7.15. The van der Waals surface area contributed by atoms with Crippen LogP contribution in [0.4, 0.5) is 0 Å². The third-order valence-electron chi connectivity index (χ3n) is 2.58. The minimum Gasteiger partial charge on any atom is -0.481 e. The first kappa shape index (κ1) is 14.9. The fraction of sp³-hybridized carbons (Fsp3) is 0.500. The third kappa shape index (κ3) is 5.45. The van der Waals surface area contributed by atoms with Crippen molar-refractivity contribution in [2.24, 2.45) is 5.41 Å². The molecule has 0 radical (unpaired) electrons. The van der Waals surface area contributed by atoms with Crippen molar-refractivity contribution < 1.29 is 14.1 Å². The minimum absolute atomic E-state index is 0.00884. The summed E-state index contributed by atoms with van der Waals surface area (Å²) in [6, 6.07) is 6.99. The van der Waals surface area contributed by atoms with Gasteiger partial charge in [-0.25, -0.2) is 0 Å². The second-order valence-electron chi connectivity index (χ2n) is 5.57. The van der Waals surface area contributed by atoms with Crippen molar-refractivity contribution in [3.8, 4) is 0 Å². The van der Waals surface area contributed by atoms with Crippen molar-refractivity contribution in [1.82, 2.24) is 0 Å².